The van der Waals surface area contributed by atoms with Crippen LogP contribution in [0.25, 0.3) is 22.0 Å². The highest BCUT2D eigenvalue weighted by molar-refractivity contribution is 7.98. The SMILES string of the molecule is Cc1ccnc(-c2c(SCc3cc([N+](=O)[O-])cc([N+](=O)[O-])c3)n[nH]c2NS(=O)(=O)c2ccc3ccccc3c2)c1. The summed E-state index contributed by atoms with van der Waals surface area (Å²) < 4.78 is 29.3. The van der Waals surface area contributed by atoms with Crippen molar-refractivity contribution >= 4 is 49.8 Å². The summed E-state index contributed by atoms with van der Waals surface area (Å²) in [7, 11) is -4.04. The number of pyridine rings is 1. The van der Waals surface area contributed by atoms with E-state index in [2.05, 4.69) is 19.9 Å². The monoisotopic (exact) mass is 576 g/mol. The molecule has 0 aliphatic carbocycles. The lowest BCUT2D eigenvalue weighted by molar-refractivity contribution is -0.394. The van der Waals surface area contributed by atoms with Crippen LogP contribution in [0.5, 0.6) is 0 Å². The Labute approximate surface area is 231 Å². The van der Waals surface area contributed by atoms with Crippen molar-refractivity contribution in [2.75, 3.05) is 4.72 Å². The molecule has 0 spiro atoms. The molecular weight excluding hydrogens is 556 g/mol. The third-order valence-electron chi connectivity index (χ3n) is 5.93. The predicted octanol–water partition coefficient (Wildman–Crippen LogP) is 5.84. The maximum Gasteiger partial charge on any atom is 0.276 e. The highest BCUT2D eigenvalue weighted by atomic mass is 32.2. The number of benzene rings is 3. The number of nitrogens with zero attached hydrogens (tertiary/aromatic N) is 4. The van der Waals surface area contributed by atoms with Gasteiger partial charge in [0.15, 0.2) is 0 Å². The van der Waals surface area contributed by atoms with Gasteiger partial charge in [0.05, 0.1) is 32.1 Å². The second-order valence-corrected chi connectivity index (χ2v) is 11.4. The number of nitrogens with one attached hydrogen (secondary N) is 2. The second-order valence-electron chi connectivity index (χ2n) is 8.77. The fourth-order valence-electron chi connectivity index (χ4n) is 4.04. The highest BCUT2D eigenvalue weighted by Gasteiger charge is 2.24. The molecule has 3 aromatic carbocycles. The number of aromatic amines is 1. The molecule has 0 radical (unpaired) electrons. The Bertz CT molecular complexity index is 1860. The molecule has 0 amide bonds. The lowest BCUT2D eigenvalue weighted by atomic mass is 10.1. The van der Waals surface area contributed by atoms with Crippen molar-refractivity contribution in [3.05, 3.63) is 110 Å². The van der Waals surface area contributed by atoms with E-state index in [-0.39, 0.29) is 16.5 Å². The van der Waals surface area contributed by atoms with Gasteiger partial charge in [-0.2, -0.15) is 5.10 Å². The number of aromatic nitrogens is 3. The van der Waals surface area contributed by atoms with E-state index >= 15 is 0 Å². The zero-order valence-electron chi connectivity index (χ0n) is 20.8. The smallest absolute Gasteiger partial charge is 0.263 e. The van der Waals surface area contributed by atoms with Crippen molar-refractivity contribution in [2.45, 2.75) is 22.6 Å². The Kier molecular flexibility index (Phi) is 7.19. The summed E-state index contributed by atoms with van der Waals surface area (Å²) in [5.74, 6) is 0.169. The van der Waals surface area contributed by atoms with E-state index in [4.69, 9.17) is 0 Å². The van der Waals surface area contributed by atoms with Crippen LogP contribution >= 0.6 is 11.8 Å². The standard InChI is InChI=1S/C26H20N6O6S2/c1-16-8-9-27-23(10-16)24-25(30-40(37,38)22-7-6-18-4-2-3-5-19(18)13-22)28-29-26(24)39-15-17-11-20(31(33)34)14-21(12-17)32(35)36/h2-14H,15H2,1H3,(H2,28,29,30). The zero-order chi connectivity index (χ0) is 28.4. The molecule has 2 heterocycles. The molecule has 40 heavy (non-hydrogen) atoms. The van der Waals surface area contributed by atoms with E-state index in [1.165, 1.54) is 18.2 Å². The number of fused-ring (bicyclic) bond motifs is 1. The number of hydrogen-bond acceptors (Lipinski definition) is 9. The van der Waals surface area contributed by atoms with Crippen LogP contribution in [0.2, 0.25) is 0 Å². The minimum absolute atomic E-state index is 0.0575. The Balaban J connectivity index is 1.51. The van der Waals surface area contributed by atoms with Crippen molar-refractivity contribution < 1.29 is 18.3 Å². The van der Waals surface area contributed by atoms with Crippen LogP contribution in [0.15, 0.2) is 88.9 Å². The van der Waals surface area contributed by atoms with Crippen LogP contribution in [0.3, 0.4) is 0 Å². The second kappa shape index (κ2) is 10.7. The quantitative estimate of drug-likeness (QED) is 0.124. The number of H-pyrrole nitrogens is 1. The molecule has 0 unspecified atom stereocenters. The molecule has 0 saturated heterocycles. The van der Waals surface area contributed by atoms with E-state index in [1.54, 1.807) is 30.5 Å². The van der Waals surface area contributed by atoms with Gasteiger partial charge in [0.2, 0.25) is 0 Å². The molecule has 5 rings (SSSR count). The Morgan fingerprint density at radius 1 is 0.925 bits per heavy atom. The van der Waals surface area contributed by atoms with Crippen LogP contribution in [0.1, 0.15) is 11.1 Å². The third kappa shape index (κ3) is 5.62. The van der Waals surface area contributed by atoms with E-state index in [0.717, 1.165) is 34.2 Å². The summed E-state index contributed by atoms with van der Waals surface area (Å²) in [4.78, 5) is 25.6. The average molecular weight is 577 g/mol. The minimum Gasteiger partial charge on any atom is -0.263 e. The average Bonchev–Trinajstić information content (AvgIpc) is 3.32. The first kappa shape index (κ1) is 26.8. The van der Waals surface area contributed by atoms with Gasteiger partial charge in [0, 0.05) is 24.1 Å². The largest absolute Gasteiger partial charge is 0.276 e. The van der Waals surface area contributed by atoms with E-state index in [0.29, 0.717) is 21.8 Å². The number of sulfonamides is 1. The lowest BCUT2D eigenvalue weighted by Gasteiger charge is -2.10. The molecule has 12 nitrogen and oxygen atoms in total. The molecule has 0 aliphatic rings. The summed E-state index contributed by atoms with van der Waals surface area (Å²) in [5.41, 5.74) is 1.21. The number of aryl methyl sites for hydroxylation is 1. The summed E-state index contributed by atoms with van der Waals surface area (Å²) in [6.45, 7) is 1.86. The summed E-state index contributed by atoms with van der Waals surface area (Å²) in [5, 5.41) is 31.6. The first-order valence-corrected chi connectivity index (χ1v) is 14.2. The maximum atomic E-state index is 13.4. The number of nitro benzene ring substituents is 2. The Morgan fingerprint density at radius 3 is 2.30 bits per heavy atom. The molecule has 2 aromatic heterocycles. The number of thioether (sulfide) groups is 1. The molecular formula is C26H20N6O6S2. The van der Waals surface area contributed by atoms with Gasteiger partial charge in [-0.15, -0.1) is 0 Å². The van der Waals surface area contributed by atoms with Crippen molar-refractivity contribution in [1.82, 2.24) is 15.2 Å². The van der Waals surface area contributed by atoms with Crippen molar-refractivity contribution in [3.8, 4) is 11.3 Å². The van der Waals surface area contributed by atoms with E-state index in [9.17, 15) is 28.6 Å². The molecule has 0 saturated carbocycles. The molecule has 0 fully saturated rings. The maximum absolute atomic E-state index is 13.4. The normalized spacial score (nSPS) is 11.4. The topological polar surface area (TPSA) is 174 Å². The van der Waals surface area contributed by atoms with Gasteiger partial charge in [-0.25, -0.2) is 8.42 Å². The Morgan fingerprint density at radius 2 is 1.62 bits per heavy atom. The van der Waals surface area contributed by atoms with E-state index in [1.807, 2.05) is 31.2 Å². The van der Waals surface area contributed by atoms with Crippen molar-refractivity contribution in [3.63, 3.8) is 0 Å². The summed E-state index contributed by atoms with van der Waals surface area (Å²) >= 11 is 1.12. The predicted molar refractivity (Wildman–Crippen MR) is 151 cm³/mol. The summed E-state index contributed by atoms with van der Waals surface area (Å²) in [6.07, 6.45) is 1.58. The first-order chi connectivity index (χ1) is 19.1. The first-order valence-electron chi connectivity index (χ1n) is 11.7. The molecule has 0 atom stereocenters. The fourth-order valence-corrected chi connectivity index (χ4v) is 6.04. The van der Waals surface area contributed by atoms with Crippen molar-refractivity contribution in [1.29, 1.82) is 0 Å². The number of nitro groups is 2. The van der Waals surface area contributed by atoms with Crippen LogP contribution in [0.4, 0.5) is 17.2 Å². The number of rotatable bonds is 9. The van der Waals surface area contributed by atoms with E-state index < -0.39 is 31.2 Å². The highest BCUT2D eigenvalue weighted by Crippen LogP contribution is 2.38. The van der Waals surface area contributed by atoms with Crippen LogP contribution < -0.4 is 4.72 Å². The zero-order valence-corrected chi connectivity index (χ0v) is 22.4. The van der Waals surface area contributed by atoms with Crippen molar-refractivity contribution in [2.24, 2.45) is 0 Å². The van der Waals surface area contributed by atoms with Crippen LogP contribution in [-0.4, -0.2) is 33.4 Å². The third-order valence-corrected chi connectivity index (χ3v) is 8.33. The van der Waals surface area contributed by atoms with Crippen LogP contribution in [0, 0.1) is 27.2 Å². The lowest BCUT2D eigenvalue weighted by Crippen LogP contribution is -2.14. The number of hydrogen-bond donors (Lipinski definition) is 2. The van der Waals surface area contributed by atoms with Gasteiger partial charge < -0.3 is 0 Å². The Hall–Kier alpha value is -4.82. The molecule has 202 valence electrons. The number of non-ortho nitro benzene ring substituents is 2. The van der Waals surface area contributed by atoms with Gasteiger partial charge in [-0.1, -0.05) is 42.1 Å². The van der Waals surface area contributed by atoms with Crippen LogP contribution in [-0.2, 0) is 15.8 Å². The van der Waals surface area contributed by atoms with Gasteiger partial charge >= 0.3 is 0 Å². The molecule has 14 heteroatoms. The van der Waals surface area contributed by atoms with Gasteiger partial charge in [-0.05, 0) is 53.1 Å². The minimum atomic E-state index is -4.04. The van der Waals surface area contributed by atoms with Gasteiger partial charge in [0.1, 0.15) is 10.8 Å². The molecule has 0 aliphatic heterocycles. The van der Waals surface area contributed by atoms with Gasteiger partial charge in [0.25, 0.3) is 21.4 Å². The summed E-state index contributed by atoms with van der Waals surface area (Å²) in [6, 6.07) is 19.1. The molecule has 2 N–H and O–H groups in total. The molecule has 0 bridgehead atoms. The number of anilines is 1. The molecule has 5 aromatic rings. The fraction of sp³-hybridized carbons (Fsp3) is 0.0769. The van der Waals surface area contributed by atoms with Gasteiger partial charge in [-0.3, -0.25) is 35.0 Å².